The predicted octanol–water partition coefficient (Wildman–Crippen LogP) is 3.52. The molecule has 1 heterocycles. The molecule has 1 aromatic heterocycles. The standard InChI is InChI=1S/C16H17BrN2O/c1-16(2,11-3-6-13(18)7-4-11)15(20)9-14-8-5-12(17)10-19-14/h3-8,10H,9,18H2,1-2H3. The van der Waals surface area contributed by atoms with E-state index in [9.17, 15) is 4.79 Å². The molecule has 0 aliphatic carbocycles. The SMILES string of the molecule is CC(C)(C(=O)Cc1ccc(Br)cn1)c1ccc(N)cc1. The lowest BCUT2D eigenvalue weighted by Gasteiger charge is -2.23. The number of pyridine rings is 1. The van der Waals surface area contributed by atoms with Crippen LogP contribution in [0.5, 0.6) is 0 Å². The molecule has 0 saturated carbocycles. The van der Waals surface area contributed by atoms with Gasteiger partial charge in [-0.3, -0.25) is 9.78 Å². The van der Waals surface area contributed by atoms with Gasteiger partial charge in [0.05, 0.1) is 0 Å². The van der Waals surface area contributed by atoms with E-state index in [0.717, 1.165) is 15.7 Å². The molecule has 0 saturated heterocycles. The van der Waals surface area contributed by atoms with Gasteiger partial charge in [-0.1, -0.05) is 12.1 Å². The summed E-state index contributed by atoms with van der Waals surface area (Å²) in [4.78, 5) is 16.8. The highest BCUT2D eigenvalue weighted by Gasteiger charge is 2.29. The first-order chi connectivity index (χ1) is 9.39. The first-order valence-electron chi connectivity index (χ1n) is 6.39. The third kappa shape index (κ3) is 3.25. The molecule has 0 atom stereocenters. The van der Waals surface area contributed by atoms with Gasteiger partial charge in [-0.15, -0.1) is 0 Å². The first-order valence-corrected chi connectivity index (χ1v) is 7.18. The van der Waals surface area contributed by atoms with Gasteiger partial charge < -0.3 is 5.73 Å². The molecular weight excluding hydrogens is 316 g/mol. The largest absolute Gasteiger partial charge is 0.399 e. The summed E-state index contributed by atoms with van der Waals surface area (Å²) in [7, 11) is 0. The zero-order valence-electron chi connectivity index (χ0n) is 11.6. The summed E-state index contributed by atoms with van der Waals surface area (Å²) in [6, 6.07) is 11.2. The van der Waals surface area contributed by atoms with Crippen molar-refractivity contribution >= 4 is 27.4 Å². The van der Waals surface area contributed by atoms with Crippen molar-refractivity contribution in [2.24, 2.45) is 0 Å². The minimum absolute atomic E-state index is 0.136. The van der Waals surface area contributed by atoms with Crippen LogP contribution in [0.2, 0.25) is 0 Å². The molecule has 2 aromatic rings. The van der Waals surface area contributed by atoms with Crippen LogP contribution >= 0.6 is 15.9 Å². The number of nitrogens with zero attached hydrogens (tertiary/aromatic N) is 1. The summed E-state index contributed by atoms with van der Waals surface area (Å²) >= 11 is 3.34. The van der Waals surface area contributed by atoms with Crippen molar-refractivity contribution in [2.45, 2.75) is 25.7 Å². The van der Waals surface area contributed by atoms with E-state index in [1.807, 2.05) is 50.2 Å². The third-order valence-electron chi connectivity index (χ3n) is 3.46. The maximum Gasteiger partial charge on any atom is 0.148 e. The second kappa shape index (κ2) is 5.75. The van der Waals surface area contributed by atoms with E-state index in [-0.39, 0.29) is 5.78 Å². The van der Waals surface area contributed by atoms with Crippen LogP contribution in [0.15, 0.2) is 47.1 Å². The number of benzene rings is 1. The number of anilines is 1. The average molecular weight is 333 g/mol. The number of ketones is 1. The van der Waals surface area contributed by atoms with Gasteiger partial charge in [0, 0.05) is 33.9 Å². The van der Waals surface area contributed by atoms with Crippen LogP contribution in [-0.4, -0.2) is 10.8 Å². The van der Waals surface area contributed by atoms with Gasteiger partial charge in [0.2, 0.25) is 0 Å². The number of Topliss-reactive ketones (excluding diaryl/α,β-unsaturated/α-hetero) is 1. The van der Waals surface area contributed by atoms with Gasteiger partial charge in [-0.2, -0.15) is 0 Å². The van der Waals surface area contributed by atoms with Crippen LogP contribution in [-0.2, 0) is 16.6 Å². The first kappa shape index (κ1) is 14.7. The van der Waals surface area contributed by atoms with Crippen molar-refractivity contribution in [3.05, 3.63) is 58.3 Å². The van der Waals surface area contributed by atoms with Crippen LogP contribution in [0.1, 0.15) is 25.1 Å². The summed E-state index contributed by atoms with van der Waals surface area (Å²) in [6.45, 7) is 3.86. The van der Waals surface area contributed by atoms with Crippen LogP contribution < -0.4 is 5.73 Å². The van der Waals surface area contributed by atoms with E-state index in [1.54, 1.807) is 6.20 Å². The fourth-order valence-corrected chi connectivity index (χ4v) is 2.19. The fourth-order valence-electron chi connectivity index (χ4n) is 1.96. The number of hydrogen-bond donors (Lipinski definition) is 1. The molecule has 2 rings (SSSR count). The van der Waals surface area contributed by atoms with Gasteiger partial charge in [0.15, 0.2) is 0 Å². The highest BCUT2D eigenvalue weighted by atomic mass is 79.9. The Kier molecular flexibility index (Phi) is 4.23. The molecule has 0 spiro atoms. The molecule has 0 aliphatic heterocycles. The lowest BCUT2D eigenvalue weighted by Crippen LogP contribution is -2.30. The smallest absolute Gasteiger partial charge is 0.148 e. The zero-order chi connectivity index (χ0) is 14.8. The average Bonchev–Trinajstić information content (AvgIpc) is 2.42. The topological polar surface area (TPSA) is 56.0 Å². The number of rotatable bonds is 4. The second-order valence-corrected chi connectivity index (χ2v) is 6.23. The molecule has 1 aromatic carbocycles. The predicted molar refractivity (Wildman–Crippen MR) is 84.5 cm³/mol. The lowest BCUT2D eigenvalue weighted by atomic mass is 9.79. The summed E-state index contributed by atoms with van der Waals surface area (Å²) in [5.41, 5.74) is 7.58. The Morgan fingerprint density at radius 1 is 1.20 bits per heavy atom. The number of carbonyl (C=O) groups excluding carboxylic acids is 1. The minimum Gasteiger partial charge on any atom is -0.399 e. The molecule has 0 fully saturated rings. The molecule has 3 nitrogen and oxygen atoms in total. The normalized spacial score (nSPS) is 11.3. The van der Waals surface area contributed by atoms with Gasteiger partial charge in [0.1, 0.15) is 5.78 Å². The van der Waals surface area contributed by atoms with Gasteiger partial charge in [-0.25, -0.2) is 0 Å². The van der Waals surface area contributed by atoms with Crippen molar-refractivity contribution in [3.8, 4) is 0 Å². The van der Waals surface area contributed by atoms with Crippen molar-refractivity contribution in [2.75, 3.05) is 5.73 Å². The lowest BCUT2D eigenvalue weighted by molar-refractivity contribution is -0.122. The summed E-state index contributed by atoms with van der Waals surface area (Å²) in [6.07, 6.45) is 2.03. The van der Waals surface area contributed by atoms with E-state index >= 15 is 0 Å². The van der Waals surface area contributed by atoms with Crippen molar-refractivity contribution in [1.82, 2.24) is 4.98 Å². The Morgan fingerprint density at radius 2 is 1.85 bits per heavy atom. The Labute approximate surface area is 127 Å². The van der Waals surface area contributed by atoms with E-state index < -0.39 is 5.41 Å². The quantitative estimate of drug-likeness (QED) is 0.871. The van der Waals surface area contributed by atoms with E-state index in [0.29, 0.717) is 12.1 Å². The maximum atomic E-state index is 12.5. The molecular formula is C16H17BrN2O. The number of halogens is 1. The molecule has 0 radical (unpaired) electrons. The highest BCUT2D eigenvalue weighted by molar-refractivity contribution is 9.10. The van der Waals surface area contributed by atoms with Gasteiger partial charge in [-0.05, 0) is 59.6 Å². The van der Waals surface area contributed by atoms with Gasteiger partial charge >= 0.3 is 0 Å². The van der Waals surface area contributed by atoms with Crippen LogP contribution in [0.3, 0.4) is 0 Å². The molecule has 104 valence electrons. The second-order valence-electron chi connectivity index (χ2n) is 5.31. The van der Waals surface area contributed by atoms with Crippen molar-refractivity contribution < 1.29 is 4.79 Å². The molecule has 2 N–H and O–H groups in total. The summed E-state index contributed by atoms with van der Waals surface area (Å²) in [5, 5.41) is 0. The van der Waals surface area contributed by atoms with E-state index in [2.05, 4.69) is 20.9 Å². The highest BCUT2D eigenvalue weighted by Crippen LogP contribution is 2.26. The van der Waals surface area contributed by atoms with Crippen molar-refractivity contribution in [3.63, 3.8) is 0 Å². The molecule has 0 bridgehead atoms. The number of hydrogen-bond acceptors (Lipinski definition) is 3. The Balaban J connectivity index is 2.18. The van der Waals surface area contributed by atoms with Gasteiger partial charge in [0.25, 0.3) is 0 Å². The molecule has 20 heavy (non-hydrogen) atoms. The maximum absolute atomic E-state index is 12.5. The molecule has 0 aliphatic rings. The number of nitrogens with two attached hydrogens (primary N) is 1. The minimum atomic E-state index is -0.553. The van der Waals surface area contributed by atoms with Crippen LogP contribution in [0.4, 0.5) is 5.69 Å². The fraction of sp³-hybridized carbons (Fsp3) is 0.250. The third-order valence-corrected chi connectivity index (χ3v) is 3.93. The Hall–Kier alpha value is -1.68. The zero-order valence-corrected chi connectivity index (χ0v) is 13.1. The summed E-state index contributed by atoms with van der Waals surface area (Å²) < 4.78 is 0.909. The number of aromatic nitrogens is 1. The van der Waals surface area contributed by atoms with E-state index in [4.69, 9.17) is 5.73 Å². The Morgan fingerprint density at radius 3 is 2.40 bits per heavy atom. The number of nitrogen functional groups attached to an aromatic ring is 1. The molecule has 0 unspecified atom stereocenters. The van der Waals surface area contributed by atoms with Crippen molar-refractivity contribution in [1.29, 1.82) is 0 Å². The molecule has 0 amide bonds. The van der Waals surface area contributed by atoms with E-state index in [1.165, 1.54) is 0 Å². The van der Waals surface area contributed by atoms with Crippen LogP contribution in [0, 0.1) is 0 Å². The Bertz CT molecular complexity index is 603. The monoisotopic (exact) mass is 332 g/mol. The number of carbonyl (C=O) groups is 1. The summed E-state index contributed by atoms with van der Waals surface area (Å²) in [5.74, 6) is 0.136. The molecule has 4 heteroatoms. The van der Waals surface area contributed by atoms with Crippen LogP contribution in [0.25, 0.3) is 0 Å².